The number of urea groups is 1. The molecule has 6 rings (SSSR count). The smallest absolute Gasteiger partial charge is 0.327 e. The quantitative estimate of drug-likeness (QED) is 0.436. The number of hydrogen-bond donors (Lipinski definition) is 3. The van der Waals surface area contributed by atoms with Crippen molar-refractivity contribution in [2.75, 3.05) is 11.9 Å². The molecule has 2 aliphatic heterocycles. The monoisotopic (exact) mass is 515 g/mol. The van der Waals surface area contributed by atoms with Gasteiger partial charge in [0.25, 0.3) is 0 Å². The number of aryl methyl sites for hydroxylation is 1. The highest BCUT2D eigenvalue weighted by atomic mass is 32.2. The van der Waals surface area contributed by atoms with Gasteiger partial charge in [-0.05, 0) is 75.2 Å². The molecule has 1 aromatic heterocycles. The van der Waals surface area contributed by atoms with Crippen molar-refractivity contribution in [3.8, 4) is 11.5 Å². The van der Waals surface area contributed by atoms with Gasteiger partial charge < -0.3 is 20.7 Å². The Morgan fingerprint density at radius 3 is 2.68 bits per heavy atom. The molecule has 0 radical (unpaired) electrons. The molecular weight excluding hydrogens is 486 g/mol. The van der Waals surface area contributed by atoms with Crippen LogP contribution in [0.2, 0.25) is 0 Å². The number of aromatic nitrogens is 1. The van der Waals surface area contributed by atoms with Crippen molar-refractivity contribution in [1.29, 1.82) is 0 Å². The summed E-state index contributed by atoms with van der Waals surface area (Å²) < 4.78 is 5.97. The Bertz CT molecular complexity index is 1350. The molecule has 2 unspecified atom stereocenters. The van der Waals surface area contributed by atoms with Crippen LogP contribution < -0.4 is 25.6 Å². The third kappa shape index (κ3) is 4.32. The number of nitrogens with zero attached hydrogens (tertiary/aromatic N) is 2. The Hall–Kier alpha value is -3.56. The van der Waals surface area contributed by atoms with E-state index in [-0.39, 0.29) is 24.0 Å². The van der Waals surface area contributed by atoms with Crippen LogP contribution in [0.3, 0.4) is 0 Å². The van der Waals surface area contributed by atoms with Gasteiger partial charge in [-0.25, -0.2) is 9.78 Å². The fourth-order valence-electron chi connectivity index (χ4n) is 5.57. The van der Waals surface area contributed by atoms with Gasteiger partial charge in [0.05, 0.1) is 17.4 Å². The minimum atomic E-state index is -0.462. The van der Waals surface area contributed by atoms with Gasteiger partial charge in [-0.3, -0.25) is 9.69 Å². The number of likely N-dealkylation sites (N-methyl/N-ethyl adjacent to an activating group) is 1. The van der Waals surface area contributed by atoms with Gasteiger partial charge in [0.1, 0.15) is 21.8 Å². The molecule has 9 heteroatoms. The molecule has 0 bridgehead atoms. The summed E-state index contributed by atoms with van der Waals surface area (Å²) in [4.78, 5) is 33.1. The molecule has 37 heavy (non-hydrogen) atoms. The van der Waals surface area contributed by atoms with Gasteiger partial charge >= 0.3 is 6.03 Å². The summed E-state index contributed by atoms with van der Waals surface area (Å²) in [5.41, 5.74) is 3.31. The SMILES string of the molecule is CN[C@H]1CCC[C@@H]1NC(=O)C1Sc2nccc3c2C1NC(=O)N3c1ccc(Oc2ccccc2)cc1C. The summed E-state index contributed by atoms with van der Waals surface area (Å²) in [6, 6.07) is 16.8. The summed E-state index contributed by atoms with van der Waals surface area (Å²) in [6.45, 7) is 1.96. The van der Waals surface area contributed by atoms with E-state index in [0.29, 0.717) is 5.75 Å². The lowest BCUT2D eigenvalue weighted by Gasteiger charge is -2.35. The Morgan fingerprint density at radius 2 is 1.89 bits per heavy atom. The van der Waals surface area contributed by atoms with Gasteiger partial charge in [-0.15, -0.1) is 0 Å². The van der Waals surface area contributed by atoms with Gasteiger partial charge in [0.2, 0.25) is 5.91 Å². The molecule has 3 N–H and O–H groups in total. The zero-order valence-corrected chi connectivity index (χ0v) is 21.5. The van der Waals surface area contributed by atoms with E-state index < -0.39 is 11.3 Å². The number of hydrogen-bond acceptors (Lipinski definition) is 6. The number of thioether (sulfide) groups is 1. The predicted octanol–water partition coefficient (Wildman–Crippen LogP) is 4.82. The van der Waals surface area contributed by atoms with Crippen LogP contribution >= 0.6 is 11.8 Å². The third-order valence-electron chi connectivity index (χ3n) is 7.37. The molecule has 3 aromatic rings. The van der Waals surface area contributed by atoms with Gasteiger partial charge in [-0.2, -0.15) is 0 Å². The van der Waals surface area contributed by atoms with Crippen molar-refractivity contribution >= 4 is 35.1 Å². The van der Waals surface area contributed by atoms with E-state index in [2.05, 4.69) is 20.9 Å². The fourth-order valence-corrected chi connectivity index (χ4v) is 6.81. The second kappa shape index (κ2) is 9.72. The van der Waals surface area contributed by atoms with E-state index in [1.807, 2.05) is 68.6 Å². The molecule has 1 saturated carbocycles. The van der Waals surface area contributed by atoms with Crippen molar-refractivity contribution in [1.82, 2.24) is 20.9 Å². The van der Waals surface area contributed by atoms with E-state index in [4.69, 9.17) is 4.74 Å². The van der Waals surface area contributed by atoms with Crippen molar-refractivity contribution in [2.45, 2.75) is 54.6 Å². The Balaban J connectivity index is 1.27. The van der Waals surface area contributed by atoms with Gasteiger partial charge in [0.15, 0.2) is 0 Å². The molecule has 3 aliphatic rings. The largest absolute Gasteiger partial charge is 0.457 e. The first-order valence-corrected chi connectivity index (χ1v) is 13.5. The van der Waals surface area contributed by atoms with Crippen molar-refractivity contribution < 1.29 is 14.3 Å². The highest BCUT2D eigenvalue weighted by Gasteiger charge is 2.47. The summed E-state index contributed by atoms with van der Waals surface area (Å²) in [6.07, 6.45) is 4.80. The Kier molecular flexibility index (Phi) is 6.26. The minimum Gasteiger partial charge on any atom is -0.457 e. The lowest BCUT2D eigenvalue weighted by molar-refractivity contribution is -0.121. The zero-order valence-electron chi connectivity index (χ0n) is 20.7. The first kappa shape index (κ1) is 23.8. The number of anilines is 2. The maximum Gasteiger partial charge on any atom is 0.327 e. The molecule has 1 aliphatic carbocycles. The highest BCUT2D eigenvalue weighted by Crippen LogP contribution is 2.51. The maximum absolute atomic E-state index is 13.5. The summed E-state index contributed by atoms with van der Waals surface area (Å²) in [5, 5.41) is 9.96. The van der Waals surface area contributed by atoms with Crippen molar-refractivity contribution in [2.24, 2.45) is 0 Å². The minimum absolute atomic E-state index is 0.0570. The number of benzene rings is 2. The first-order valence-electron chi connectivity index (χ1n) is 12.6. The van der Waals surface area contributed by atoms with E-state index in [1.54, 1.807) is 11.1 Å². The predicted molar refractivity (Wildman–Crippen MR) is 144 cm³/mol. The van der Waals surface area contributed by atoms with Crippen molar-refractivity contribution in [3.63, 3.8) is 0 Å². The van der Waals surface area contributed by atoms with E-state index in [9.17, 15) is 9.59 Å². The highest BCUT2D eigenvalue weighted by molar-refractivity contribution is 8.01. The van der Waals surface area contributed by atoms with E-state index in [1.165, 1.54) is 11.8 Å². The van der Waals surface area contributed by atoms with E-state index >= 15 is 0 Å². The van der Waals surface area contributed by atoms with Crippen LogP contribution in [0.4, 0.5) is 16.2 Å². The standard InChI is InChI=1S/C28H29N5O3S/c1-16-15-18(36-17-7-4-3-5-8-17)11-12-21(16)33-22-13-14-30-27-23(22)24(32-28(33)35)25(37-27)26(34)31-20-10-6-9-19(20)29-2/h3-5,7-8,11-15,19-20,24-25,29H,6,9-10H2,1-2H3,(H,31,34)(H,32,35)/t19-,20-,24?,25?/m0/s1. The number of ether oxygens (including phenoxy) is 1. The zero-order chi connectivity index (χ0) is 25.5. The van der Waals surface area contributed by atoms with Crippen LogP contribution in [0.25, 0.3) is 0 Å². The van der Waals surface area contributed by atoms with Gasteiger partial charge in [-0.1, -0.05) is 30.0 Å². The number of para-hydroxylation sites is 1. The number of carbonyl (C=O) groups is 2. The van der Waals surface area contributed by atoms with Crippen LogP contribution in [0, 0.1) is 6.92 Å². The average Bonchev–Trinajstić information content (AvgIpc) is 3.50. The van der Waals surface area contributed by atoms with Crippen LogP contribution in [-0.2, 0) is 4.79 Å². The fraction of sp³-hybridized carbons (Fsp3) is 0.321. The van der Waals surface area contributed by atoms with Gasteiger partial charge in [0, 0.05) is 23.8 Å². The lowest BCUT2D eigenvalue weighted by atomic mass is 9.99. The lowest BCUT2D eigenvalue weighted by Crippen LogP contribution is -2.52. The second-order valence-electron chi connectivity index (χ2n) is 9.65. The topological polar surface area (TPSA) is 95.6 Å². The van der Waals surface area contributed by atoms with Crippen LogP contribution in [-0.4, -0.2) is 41.3 Å². The number of pyridine rings is 1. The van der Waals surface area contributed by atoms with Crippen molar-refractivity contribution in [3.05, 3.63) is 71.9 Å². The molecular formula is C28H29N5O3S. The maximum atomic E-state index is 13.5. The summed E-state index contributed by atoms with van der Waals surface area (Å²) >= 11 is 1.43. The number of rotatable bonds is 6. The molecule has 2 aromatic carbocycles. The molecule has 8 nitrogen and oxygen atoms in total. The molecule has 3 heterocycles. The molecule has 0 spiro atoms. The molecule has 4 atom stereocenters. The second-order valence-corrected chi connectivity index (χ2v) is 10.8. The van der Waals surface area contributed by atoms with Crippen LogP contribution in [0.1, 0.15) is 36.4 Å². The normalized spacial score (nSPS) is 23.9. The number of amides is 3. The van der Waals surface area contributed by atoms with Crippen LogP contribution in [0.5, 0.6) is 11.5 Å². The summed E-state index contributed by atoms with van der Waals surface area (Å²) in [5.74, 6) is 1.39. The van der Waals surface area contributed by atoms with Crippen LogP contribution in [0.15, 0.2) is 65.8 Å². The number of carbonyl (C=O) groups excluding carboxylic acids is 2. The first-order chi connectivity index (χ1) is 18.0. The molecule has 190 valence electrons. The molecule has 0 saturated heterocycles. The van der Waals surface area contributed by atoms with E-state index in [0.717, 1.165) is 52.5 Å². The molecule has 3 amide bonds. The average molecular weight is 516 g/mol. The third-order valence-corrected chi connectivity index (χ3v) is 8.66. The summed E-state index contributed by atoms with van der Waals surface area (Å²) in [7, 11) is 1.93. The number of nitrogens with one attached hydrogen (secondary N) is 3. The molecule has 1 fully saturated rings. The Labute approximate surface area is 220 Å². The Morgan fingerprint density at radius 1 is 1.08 bits per heavy atom.